The Balaban J connectivity index is 2.45. The molecule has 1 unspecified atom stereocenters. The Morgan fingerprint density at radius 3 is 2.62 bits per heavy atom. The first kappa shape index (κ1) is 16.0. The number of nitrogens with one attached hydrogen (secondary N) is 1. The number of hydrogen-bond acceptors (Lipinski definition) is 3. The van der Waals surface area contributed by atoms with Gasteiger partial charge in [-0.15, -0.1) is 5.10 Å². The molecule has 0 spiro atoms. The Labute approximate surface area is 131 Å². The van der Waals surface area contributed by atoms with Gasteiger partial charge in [0.2, 0.25) is 0 Å². The molecule has 5 heteroatoms. The molecule has 2 aromatic rings. The van der Waals surface area contributed by atoms with Crippen LogP contribution in [0.25, 0.3) is 5.69 Å². The summed E-state index contributed by atoms with van der Waals surface area (Å²) >= 11 is 6.23. The lowest BCUT2D eigenvalue weighted by Crippen LogP contribution is -2.21. The Kier molecular flexibility index (Phi) is 5.37. The summed E-state index contributed by atoms with van der Waals surface area (Å²) in [5.41, 5.74) is 4.21. The molecule has 0 aliphatic carbocycles. The third-order valence-corrected chi connectivity index (χ3v) is 4.12. The smallest absolute Gasteiger partial charge is 0.103 e. The fourth-order valence-corrected chi connectivity index (χ4v) is 2.69. The van der Waals surface area contributed by atoms with Gasteiger partial charge in [0.15, 0.2) is 0 Å². The van der Waals surface area contributed by atoms with Crippen LogP contribution in [-0.4, -0.2) is 21.5 Å². The van der Waals surface area contributed by atoms with Crippen molar-refractivity contribution >= 4 is 11.6 Å². The number of aromatic nitrogens is 3. The lowest BCUT2D eigenvalue weighted by Gasteiger charge is -2.15. The molecule has 4 nitrogen and oxygen atoms in total. The molecule has 1 aromatic heterocycles. The van der Waals surface area contributed by atoms with E-state index in [4.69, 9.17) is 11.6 Å². The van der Waals surface area contributed by atoms with E-state index >= 15 is 0 Å². The van der Waals surface area contributed by atoms with Crippen molar-refractivity contribution < 1.29 is 0 Å². The lowest BCUT2D eigenvalue weighted by atomic mass is 10.1. The van der Waals surface area contributed by atoms with Crippen LogP contribution < -0.4 is 5.32 Å². The molecule has 1 atom stereocenters. The highest BCUT2D eigenvalue weighted by Crippen LogP contribution is 2.24. The molecule has 0 amide bonds. The van der Waals surface area contributed by atoms with Gasteiger partial charge in [-0.25, -0.2) is 4.68 Å². The fourth-order valence-electron chi connectivity index (χ4n) is 2.52. The van der Waals surface area contributed by atoms with Gasteiger partial charge in [-0.1, -0.05) is 43.7 Å². The minimum atomic E-state index is 0.250. The molecule has 0 aliphatic rings. The van der Waals surface area contributed by atoms with Crippen LogP contribution in [0.15, 0.2) is 18.2 Å². The van der Waals surface area contributed by atoms with Gasteiger partial charge in [-0.3, -0.25) is 0 Å². The Hall–Kier alpha value is -1.39. The van der Waals surface area contributed by atoms with E-state index in [2.05, 4.69) is 36.4 Å². The highest BCUT2D eigenvalue weighted by molar-refractivity contribution is 6.31. The van der Waals surface area contributed by atoms with Crippen LogP contribution in [0.5, 0.6) is 0 Å². The van der Waals surface area contributed by atoms with Crippen molar-refractivity contribution in [1.29, 1.82) is 0 Å². The zero-order chi connectivity index (χ0) is 15.4. The zero-order valence-electron chi connectivity index (χ0n) is 13.2. The van der Waals surface area contributed by atoms with Gasteiger partial charge in [0, 0.05) is 5.02 Å². The summed E-state index contributed by atoms with van der Waals surface area (Å²) in [5.74, 6) is 0. The van der Waals surface area contributed by atoms with Gasteiger partial charge >= 0.3 is 0 Å². The molecule has 0 saturated heterocycles. The van der Waals surface area contributed by atoms with Crippen LogP contribution in [0.1, 0.15) is 50.2 Å². The predicted octanol–water partition coefficient (Wildman–Crippen LogP) is 3.85. The molecule has 0 radical (unpaired) electrons. The largest absolute Gasteiger partial charge is 0.309 e. The number of rotatable bonds is 6. The number of halogens is 1. The van der Waals surface area contributed by atoms with E-state index < -0.39 is 0 Å². The van der Waals surface area contributed by atoms with Gasteiger partial charge in [0.05, 0.1) is 17.4 Å². The van der Waals surface area contributed by atoms with Crippen molar-refractivity contribution in [3.63, 3.8) is 0 Å². The molecule has 1 N–H and O–H groups in total. The molecule has 1 heterocycles. The van der Waals surface area contributed by atoms with Crippen molar-refractivity contribution in [2.75, 3.05) is 6.54 Å². The second-order valence-electron chi connectivity index (χ2n) is 5.14. The van der Waals surface area contributed by atoms with Crippen molar-refractivity contribution in [1.82, 2.24) is 20.3 Å². The van der Waals surface area contributed by atoms with E-state index in [0.29, 0.717) is 0 Å². The average molecular weight is 307 g/mol. The minimum absolute atomic E-state index is 0.250. The monoisotopic (exact) mass is 306 g/mol. The molecule has 0 aliphatic heterocycles. The highest BCUT2D eigenvalue weighted by atomic mass is 35.5. The molecule has 1 aromatic carbocycles. The van der Waals surface area contributed by atoms with E-state index in [9.17, 15) is 0 Å². The van der Waals surface area contributed by atoms with Crippen molar-refractivity contribution in [2.24, 2.45) is 0 Å². The summed E-state index contributed by atoms with van der Waals surface area (Å²) in [4.78, 5) is 0. The van der Waals surface area contributed by atoms with Crippen LogP contribution in [0.2, 0.25) is 5.02 Å². The normalized spacial score (nSPS) is 12.6. The van der Waals surface area contributed by atoms with E-state index in [1.807, 2.05) is 29.8 Å². The van der Waals surface area contributed by atoms with Crippen LogP contribution in [0, 0.1) is 6.92 Å². The molecular formula is C16H23ClN4. The standard InChI is InChI=1S/C16H23ClN4/c1-5-14(18-7-3)16-15(6-2)21(20-19-16)12-9-8-11(4)13(17)10-12/h8-10,14,18H,5-7H2,1-4H3. The number of benzene rings is 1. The number of hydrogen-bond donors (Lipinski definition) is 1. The van der Waals surface area contributed by atoms with E-state index in [-0.39, 0.29) is 6.04 Å². The average Bonchev–Trinajstić information content (AvgIpc) is 2.91. The highest BCUT2D eigenvalue weighted by Gasteiger charge is 2.19. The summed E-state index contributed by atoms with van der Waals surface area (Å²) in [5, 5.41) is 13.0. The van der Waals surface area contributed by atoms with Crippen molar-refractivity contribution in [2.45, 2.75) is 46.6 Å². The maximum absolute atomic E-state index is 6.23. The molecule has 0 saturated carbocycles. The molecule has 0 fully saturated rings. The topological polar surface area (TPSA) is 42.7 Å². The van der Waals surface area contributed by atoms with Gasteiger partial charge < -0.3 is 5.32 Å². The van der Waals surface area contributed by atoms with E-state index in [0.717, 1.165) is 47.0 Å². The zero-order valence-corrected chi connectivity index (χ0v) is 13.9. The first-order valence-electron chi connectivity index (χ1n) is 7.56. The van der Waals surface area contributed by atoms with Gasteiger partial charge in [0.25, 0.3) is 0 Å². The number of nitrogens with zero attached hydrogens (tertiary/aromatic N) is 3. The SMILES string of the molecule is CCNC(CC)c1nnn(-c2ccc(C)c(Cl)c2)c1CC. The maximum Gasteiger partial charge on any atom is 0.103 e. The fraction of sp³-hybridized carbons (Fsp3) is 0.500. The molecule has 0 bridgehead atoms. The summed E-state index contributed by atoms with van der Waals surface area (Å²) in [6.07, 6.45) is 1.88. The van der Waals surface area contributed by atoms with Crippen LogP contribution in [0.4, 0.5) is 0 Å². The number of aryl methyl sites for hydroxylation is 1. The summed E-state index contributed by atoms with van der Waals surface area (Å²) < 4.78 is 1.90. The quantitative estimate of drug-likeness (QED) is 0.881. The summed E-state index contributed by atoms with van der Waals surface area (Å²) in [6, 6.07) is 6.25. The molecule has 2 rings (SSSR count). The Morgan fingerprint density at radius 1 is 1.29 bits per heavy atom. The summed E-state index contributed by atoms with van der Waals surface area (Å²) in [6.45, 7) is 9.32. The van der Waals surface area contributed by atoms with Crippen LogP contribution in [-0.2, 0) is 6.42 Å². The second kappa shape index (κ2) is 7.05. The van der Waals surface area contributed by atoms with Crippen molar-refractivity contribution in [3.05, 3.63) is 40.2 Å². The van der Waals surface area contributed by atoms with Gasteiger partial charge in [0.1, 0.15) is 5.69 Å². The Bertz CT molecular complexity index is 606. The Morgan fingerprint density at radius 2 is 2.05 bits per heavy atom. The predicted molar refractivity (Wildman–Crippen MR) is 87.2 cm³/mol. The van der Waals surface area contributed by atoms with Gasteiger partial charge in [-0.2, -0.15) is 0 Å². The maximum atomic E-state index is 6.23. The molecule has 21 heavy (non-hydrogen) atoms. The minimum Gasteiger partial charge on any atom is -0.309 e. The van der Waals surface area contributed by atoms with E-state index in [1.165, 1.54) is 0 Å². The van der Waals surface area contributed by atoms with Crippen molar-refractivity contribution in [3.8, 4) is 5.69 Å². The molecule has 114 valence electrons. The summed E-state index contributed by atoms with van der Waals surface area (Å²) in [7, 11) is 0. The third kappa shape index (κ3) is 3.27. The first-order valence-corrected chi connectivity index (χ1v) is 7.94. The van der Waals surface area contributed by atoms with Gasteiger partial charge in [-0.05, 0) is 44.0 Å². The van der Waals surface area contributed by atoms with E-state index in [1.54, 1.807) is 0 Å². The third-order valence-electron chi connectivity index (χ3n) is 3.72. The molecular weight excluding hydrogens is 284 g/mol. The second-order valence-corrected chi connectivity index (χ2v) is 5.55. The van der Waals surface area contributed by atoms with Crippen LogP contribution >= 0.6 is 11.6 Å². The van der Waals surface area contributed by atoms with Crippen LogP contribution in [0.3, 0.4) is 0 Å². The first-order chi connectivity index (χ1) is 10.1. The lowest BCUT2D eigenvalue weighted by molar-refractivity contribution is 0.520.